The van der Waals surface area contributed by atoms with Crippen molar-refractivity contribution in [3.8, 4) is 11.3 Å². The van der Waals surface area contributed by atoms with E-state index in [-0.39, 0.29) is 11.5 Å². The van der Waals surface area contributed by atoms with Gasteiger partial charge in [-0.05, 0) is 64.0 Å². The number of likely N-dealkylation sites (tertiary alicyclic amines) is 1. The Balaban J connectivity index is 1.55. The molecule has 0 unspecified atom stereocenters. The van der Waals surface area contributed by atoms with Crippen LogP contribution in [0.25, 0.3) is 17.3 Å². The lowest BCUT2D eigenvalue weighted by Gasteiger charge is -2.38. The minimum absolute atomic E-state index is 0.0435. The summed E-state index contributed by atoms with van der Waals surface area (Å²) in [6, 6.07) is 5.45. The fourth-order valence-corrected chi connectivity index (χ4v) is 4.57. The van der Waals surface area contributed by atoms with Crippen molar-refractivity contribution in [2.75, 3.05) is 13.1 Å². The van der Waals surface area contributed by atoms with E-state index in [1.54, 1.807) is 4.90 Å². The van der Waals surface area contributed by atoms with Crippen LogP contribution >= 0.6 is 23.2 Å². The number of ether oxygens (including phenoxy) is 1. The standard InChI is InChI=1S/C25H30Cl2N2O3/c1-24(2,3)31-23(30)29-14-12-25(4,13-15-29)11-10-17-21(28-32-22(17)16-8-9-16)20-18(26)6-5-7-19(20)27/h5-7,10-11,16H,8-9,12-15H2,1-4H3/b11-10-. The molecular formula is C25H30Cl2N2O3. The van der Waals surface area contributed by atoms with Crippen LogP contribution in [-0.4, -0.2) is 34.8 Å². The summed E-state index contributed by atoms with van der Waals surface area (Å²) >= 11 is 12.9. The average Bonchev–Trinajstić information content (AvgIpc) is 3.46. The zero-order valence-electron chi connectivity index (χ0n) is 19.1. The molecule has 1 aliphatic carbocycles. The van der Waals surface area contributed by atoms with Gasteiger partial charge in [0.15, 0.2) is 0 Å². The molecule has 2 aliphatic rings. The van der Waals surface area contributed by atoms with E-state index >= 15 is 0 Å². The van der Waals surface area contributed by atoms with E-state index in [2.05, 4.69) is 24.2 Å². The molecule has 32 heavy (non-hydrogen) atoms. The van der Waals surface area contributed by atoms with E-state index in [1.165, 1.54) is 0 Å². The maximum absolute atomic E-state index is 12.4. The predicted molar refractivity (Wildman–Crippen MR) is 128 cm³/mol. The van der Waals surface area contributed by atoms with Crippen LogP contribution < -0.4 is 0 Å². The number of carbonyl (C=O) groups is 1. The molecule has 0 spiro atoms. The summed E-state index contributed by atoms with van der Waals surface area (Å²) in [5.74, 6) is 1.31. The van der Waals surface area contributed by atoms with Gasteiger partial charge in [-0.3, -0.25) is 0 Å². The summed E-state index contributed by atoms with van der Waals surface area (Å²) in [6.45, 7) is 9.22. The highest BCUT2D eigenvalue weighted by molar-refractivity contribution is 6.39. The highest BCUT2D eigenvalue weighted by atomic mass is 35.5. The summed E-state index contributed by atoms with van der Waals surface area (Å²) in [6.07, 6.45) is 8.02. The topological polar surface area (TPSA) is 55.6 Å². The first-order chi connectivity index (χ1) is 15.1. The Morgan fingerprint density at radius 1 is 1.22 bits per heavy atom. The van der Waals surface area contributed by atoms with Crippen LogP contribution in [0.2, 0.25) is 10.0 Å². The molecule has 0 bridgehead atoms. The molecule has 0 radical (unpaired) electrons. The number of allylic oxidation sites excluding steroid dienone is 1. The van der Waals surface area contributed by atoms with Crippen LogP contribution in [0.3, 0.4) is 0 Å². The Morgan fingerprint density at radius 2 is 1.84 bits per heavy atom. The monoisotopic (exact) mass is 476 g/mol. The zero-order valence-corrected chi connectivity index (χ0v) is 20.6. The van der Waals surface area contributed by atoms with Crippen molar-refractivity contribution >= 4 is 35.4 Å². The first-order valence-electron chi connectivity index (χ1n) is 11.2. The minimum atomic E-state index is -0.485. The summed E-state index contributed by atoms with van der Waals surface area (Å²) < 4.78 is 11.3. The van der Waals surface area contributed by atoms with Gasteiger partial charge in [-0.25, -0.2) is 4.79 Å². The molecule has 4 rings (SSSR count). The van der Waals surface area contributed by atoms with Gasteiger partial charge >= 0.3 is 6.09 Å². The van der Waals surface area contributed by atoms with Gasteiger partial charge in [0.25, 0.3) is 0 Å². The lowest BCUT2D eigenvalue weighted by Crippen LogP contribution is -2.43. The Hall–Kier alpha value is -1.98. The van der Waals surface area contributed by atoms with Crippen LogP contribution in [0.15, 0.2) is 28.8 Å². The number of halogens is 2. The van der Waals surface area contributed by atoms with Gasteiger partial charge in [-0.1, -0.05) is 53.5 Å². The summed E-state index contributed by atoms with van der Waals surface area (Å²) in [4.78, 5) is 14.2. The smallest absolute Gasteiger partial charge is 0.410 e. The fraction of sp³-hybridized carbons (Fsp3) is 0.520. The zero-order chi connectivity index (χ0) is 23.1. The number of nitrogens with zero attached hydrogens (tertiary/aromatic N) is 2. The molecule has 1 saturated carbocycles. The molecule has 7 heteroatoms. The molecule has 1 aliphatic heterocycles. The van der Waals surface area contributed by atoms with Crippen molar-refractivity contribution in [2.45, 2.75) is 64.9 Å². The number of hydrogen-bond donors (Lipinski definition) is 0. The second kappa shape index (κ2) is 8.75. The van der Waals surface area contributed by atoms with Crippen molar-refractivity contribution in [3.63, 3.8) is 0 Å². The van der Waals surface area contributed by atoms with Crippen LogP contribution in [0.1, 0.15) is 70.6 Å². The highest BCUT2D eigenvalue weighted by Gasteiger charge is 2.35. The lowest BCUT2D eigenvalue weighted by atomic mass is 9.79. The Kier molecular flexibility index (Phi) is 6.34. The second-order valence-electron chi connectivity index (χ2n) is 10.1. The van der Waals surface area contributed by atoms with Gasteiger partial charge in [0.05, 0.1) is 10.0 Å². The van der Waals surface area contributed by atoms with Gasteiger partial charge in [-0.15, -0.1) is 0 Å². The SMILES string of the molecule is CC1(/C=C\c2c(-c3c(Cl)cccc3Cl)noc2C2CC2)CCN(C(=O)OC(C)(C)C)CC1. The van der Waals surface area contributed by atoms with Gasteiger partial charge in [0.2, 0.25) is 0 Å². The number of hydrogen-bond acceptors (Lipinski definition) is 4. The number of amides is 1. The number of benzene rings is 1. The maximum Gasteiger partial charge on any atom is 0.410 e. The van der Waals surface area contributed by atoms with Crippen molar-refractivity contribution in [2.24, 2.45) is 5.41 Å². The quantitative estimate of drug-likeness (QED) is 0.456. The third-order valence-corrected chi connectivity index (χ3v) is 6.74. The Bertz CT molecular complexity index is 1010. The van der Waals surface area contributed by atoms with Crippen LogP contribution in [0.5, 0.6) is 0 Å². The van der Waals surface area contributed by atoms with E-state index in [4.69, 9.17) is 32.5 Å². The van der Waals surface area contributed by atoms with E-state index < -0.39 is 5.60 Å². The third-order valence-electron chi connectivity index (χ3n) is 6.11. The fourth-order valence-electron chi connectivity index (χ4n) is 3.99. The van der Waals surface area contributed by atoms with Crippen LogP contribution in [0, 0.1) is 5.41 Å². The van der Waals surface area contributed by atoms with E-state index in [1.807, 2.05) is 39.0 Å². The first-order valence-corrected chi connectivity index (χ1v) is 11.9. The summed E-state index contributed by atoms with van der Waals surface area (Å²) in [7, 11) is 0. The molecule has 1 saturated heterocycles. The van der Waals surface area contributed by atoms with Gasteiger partial charge in [-0.2, -0.15) is 0 Å². The van der Waals surface area contributed by atoms with E-state index in [0.717, 1.165) is 37.0 Å². The molecule has 2 heterocycles. The molecule has 1 aromatic carbocycles. The molecule has 1 aromatic heterocycles. The van der Waals surface area contributed by atoms with Gasteiger partial charge in [0.1, 0.15) is 17.1 Å². The molecule has 0 atom stereocenters. The van der Waals surface area contributed by atoms with Gasteiger partial charge in [0, 0.05) is 30.1 Å². The molecule has 172 valence electrons. The first kappa shape index (κ1) is 23.2. The molecule has 0 N–H and O–H groups in total. The number of aromatic nitrogens is 1. The van der Waals surface area contributed by atoms with Crippen LogP contribution in [0.4, 0.5) is 4.79 Å². The summed E-state index contributed by atoms with van der Waals surface area (Å²) in [5, 5.41) is 5.47. The molecule has 2 fully saturated rings. The molecule has 2 aromatic rings. The summed E-state index contributed by atoms with van der Waals surface area (Å²) in [5.41, 5.74) is 1.82. The molecule has 1 amide bonds. The second-order valence-corrected chi connectivity index (χ2v) is 10.9. The average molecular weight is 477 g/mol. The Labute approximate surface area is 199 Å². The number of rotatable bonds is 4. The van der Waals surface area contributed by atoms with Crippen molar-refractivity contribution < 1.29 is 14.1 Å². The number of carbonyl (C=O) groups excluding carboxylic acids is 1. The van der Waals surface area contributed by atoms with E-state index in [0.29, 0.717) is 40.3 Å². The largest absolute Gasteiger partial charge is 0.444 e. The number of piperidine rings is 1. The molecular weight excluding hydrogens is 447 g/mol. The Morgan fingerprint density at radius 3 is 2.41 bits per heavy atom. The molecule has 5 nitrogen and oxygen atoms in total. The third kappa shape index (κ3) is 5.15. The van der Waals surface area contributed by atoms with Crippen molar-refractivity contribution in [1.29, 1.82) is 0 Å². The van der Waals surface area contributed by atoms with Crippen molar-refractivity contribution in [1.82, 2.24) is 10.1 Å². The van der Waals surface area contributed by atoms with Crippen molar-refractivity contribution in [3.05, 3.63) is 45.6 Å². The highest BCUT2D eigenvalue weighted by Crippen LogP contribution is 2.47. The van der Waals surface area contributed by atoms with Gasteiger partial charge < -0.3 is 14.2 Å². The van der Waals surface area contributed by atoms with E-state index in [9.17, 15) is 4.79 Å². The lowest BCUT2D eigenvalue weighted by molar-refractivity contribution is 0.0156. The minimum Gasteiger partial charge on any atom is -0.444 e. The predicted octanol–water partition coefficient (Wildman–Crippen LogP) is 7.58. The van der Waals surface area contributed by atoms with Crippen LogP contribution in [-0.2, 0) is 4.74 Å². The normalized spacial score (nSPS) is 18.9. The maximum atomic E-state index is 12.4.